The zero-order chi connectivity index (χ0) is 95.7. The van der Waals surface area contributed by atoms with Gasteiger partial charge in [0.15, 0.2) is 57.4 Å². The summed E-state index contributed by atoms with van der Waals surface area (Å²) in [5.41, 5.74) is 8.41. The second-order valence-corrected chi connectivity index (χ2v) is 48.3. The molecule has 130 heavy (non-hydrogen) atoms. The predicted molar refractivity (Wildman–Crippen MR) is 494 cm³/mol. The van der Waals surface area contributed by atoms with Crippen molar-refractivity contribution in [2.75, 3.05) is 125 Å². The van der Waals surface area contributed by atoms with Crippen molar-refractivity contribution in [2.24, 2.45) is 0 Å². The average molecular weight is 1940 g/mol. The van der Waals surface area contributed by atoms with E-state index in [1.165, 1.54) is 122 Å². The number of aliphatic hydroxyl groups is 4. The minimum Gasteiger partial charge on any atom is -1.00 e. The molecule has 3 radical (unpaired) electrons. The zero-order valence-electron chi connectivity index (χ0n) is 80.6. The number of rotatable bonds is 23. The van der Waals surface area contributed by atoms with Crippen LogP contribution < -0.4 is 57.9 Å². The van der Waals surface area contributed by atoms with E-state index in [0.29, 0.717) is 85.6 Å². The number of methoxy groups -OCH3 is 7. The number of hydrogen-bond donors (Lipinski definition) is 5. The molecule has 711 valence electrons. The van der Waals surface area contributed by atoms with E-state index in [1.807, 2.05) is 4.90 Å². The number of ether oxygens (including phenoxy) is 10. The predicted octanol–water partition coefficient (Wildman–Crippen LogP) is 10.2. The molecule has 4 aromatic rings. The van der Waals surface area contributed by atoms with Crippen LogP contribution in [0.25, 0.3) is 0 Å². The van der Waals surface area contributed by atoms with Crippen LogP contribution in [0, 0.1) is 20.2 Å². The maximum atomic E-state index is 13.4. The number of aliphatic hydroxyl groups excluding tert-OH is 4. The number of esters is 1. The molecule has 0 spiro atoms. The van der Waals surface area contributed by atoms with Crippen LogP contribution in [0.5, 0.6) is 34.5 Å². The standard InChI is InChI=1S/C24H25N3O8S2.C21H32N2O6Si.C21H34N2O4Si.C11H19NO5.C10H19NO4.B.Li.Zn.H/c1-14-10-19-23(29)26(18-12-21(34-3)20(33-2)11-17(18)22(28)25(19)13-14)24(30)35-8-9-36-37-16-6-4-15(5-7-16)27(31)32;1-14-9-15(13-29-30(7,8)21(2,3)4)22(12-14)20(24)16-10-18(27-5)19(28-6)11-17(16)23(25)26;1-14-9-15(13-27-28(7,8)21(2,3)4)23(12-14)20(24)16-10-18(25-5)19(26-6)11-17(16)22;1-11(2,3)17-10(15)12-6-7(13)5-8(12)9(14)16-4;1-10(2,3)15-9(14)11-5-8(13)4-7(11)6-12;;;;/h4-7,11-12,19,23,29H,1,8-10,13H2,2-3H3;10-11,15H,1,9,12-13H2,2-8H3;10-11,15H,1,9,12-13,22H2,2-8H3;7-8,13H,5-6H2,1-4H3;7-8,12-13H,4-6H2,1-3H3;;;;/q;;;;;;+1;;-1/t19-,23-;2*15-;2*7-,8+;;;;/m00010..../s1. The SMILES string of the molecule is C=C1C[C@@H](CO[Si](C)(C)C(C)(C)C)N(C(=O)c2cc(OC)c(OC)cc2N)C1.C=C1C[C@@H](CO[Si](C)(C)C(C)(C)C)N(C(=O)c2cc(OC)c(OC)cc2[N+](=O)[O-])C1.C=C1C[C@H]2[C@H](O)N(C(=O)OCCSSc3ccc([N+](=O)[O-])cc3)c3cc(OC)c(OC)cc3C(=O)N2C1.CC(C)(C)OC(=O)N1C[C@H](O)C[C@H]1CO.COC(=O)[C@@H]1C[C@@H](O)CN1C(=O)OC(C)(C)C.[B].[H-].[Li+].[Zn]. The van der Waals surface area contributed by atoms with Crippen molar-refractivity contribution in [3.63, 3.8) is 0 Å². The van der Waals surface area contributed by atoms with Gasteiger partial charge in [-0.1, -0.05) is 99.6 Å². The first kappa shape index (κ1) is 116. The number of nitro benzene ring substituents is 2. The molecule has 6 N–H and O–H groups in total. The number of hydrogen-bond acceptors (Lipinski definition) is 30. The molecular formula is C87H130BLiN9O27S2Si2Zn. The third-order valence-electron chi connectivity index (χ3n) is 22.4. The molecular weight excluding hydrogens is 1810 g/mol. The van der Waals surface area contributed by atoms with E-state index in [-0.39, 0.29) is 167 Å². The minimum absolute atomic E-state index is 0. The summed E-state index contributed by atoms with van der Waals surface area (Å²) in [6.45, 7) is 46.7. The molecule has 6 amide bonds. The molecule has 6 heterocycles. The molecule has 0 aliphatic carbocycles. The Hall–Kier alpha value is -8.63. The Morgan fingerprint density at radius 1 is 0.577 bits per heavy atom. The fourth-order valence-electron chi connectivity index (χ4n) is 13.7. The molecule has 10 rings (SSSR count). The number of nitrogen functional groups attached to an aromatic ring is 1. The van der Waals surface area contributed by atoms with Crippen LogP contribution in [-0.2, 0) is 52.1 Å². The summed E-state index contributed by atoms with van der Waals surface area (Å²) < 4.78 is 64.8. The Kier molecular flexibility index (Phi) is 43.9. The zero-order valence-corrected chi connectivity index (χ0v) is 86.2. The Morgan fingerprint density at radius 2 is 1.01 bits per heavy atom. The van der Waals surface area contributed by atoms with Crippen molar-refractivity contribution in [3.8, 4) is 34.5 Å². The molecule has 0 aromatic heterocycles. The Balaban J connectivity index is 0.000000569. The number of nitrogens with two attached hydrogens (primary N) is 1. The summed E-state index contributed by atoms with van der Waals surface area (Å²) in [7, 11) is 8.90. The number of β-amino-alcohol motifs (C(OH)–C–C–N with tert-alkyl or cyclic N) is 2. The molecule has 4 aromatic carbocycles. The van der Waals surface area contributed by atoms with Gasteiger partial charge in [0.05, 0.1) is 152 Å². The topological polar surface area (TPSA) is 443 Å². The largest absolute Gasteiger partial charge is 1.00 e. The third-order valence-corrected chi connectivity index (χ3v) is 33.7. The molecule has 6 aliphatic heterocycles. The van der Waals surface area contributed by atoms with Crippen molar-refractivity contribution >= 4 is 111 Å². The fourth-order valence-corrected chi connectivity index (χ4v) is 17.6. The van der Waals surface area contributed by atoms with Crippen molar-refractivity contribution in [1.29, 1.82) is 0 Å². The molecule has 5 saturated heterocycles. The smallest absolute Gasteiger partial charge is 1.00 e. The number of fused-ring (bicyclic) bond motifs is 2. The Labute approximate surface area is 800 Å². The van der Waals surface area contributed by atoms with Gasteiger partial charge in [0.25, 0.3) is 29.1 Å². The number of likely N-dealkylation sites (tertiary alicyclic amines) is 4. The van der Waals surface area contributed by atoms with Gasteiger partial charge in [-0.05, 0) is 128 Å². The van der Waals surface area contributed by atoms with Gasteiger partial charge < -0.3 is 103 Å². The van der Waals surface area contributed by atoms with E-state index in [2.05, 4.69) is 92.2 Å². The van der Waals surface area contributed by atoms with Crippen LogP contribution in [0.15, 0.2) is 102 Å². The molecule has 0 saturated carbocycles. The molecule has 0 unspecified atom stereocenters. The van der Waals surface area contributed by atoms with Gasteiger partial charge in [0.2, 0.25) is 0 Å². The summed E-state index contributed by atoms with van der Waals surface area (Å²) in [5, 5.41) is 61.7. The average Bonchev–Trinajstić information content (AvgIpc) is 1.62. The van der Waals surface area contributed by atoms with Crippen LogP contribution in [0.1, 0.15) is 148 Å². The second-order valence-electron chi connectivity index (χ2n) is 36.2. The van der Waals surface area contributed by atoms with Crippen molar-refractivity contribution in [1.82, 2.24) is 24.5 Å². The molecule has 8 atom stereocenters. The summed E-state index contributed by atoms with van der Waals surface area (Å²) in [6, 6.07) is 12.9. The van der Waals surface area contributed by atoms with Gasteiger partial charge in [0, 0.05) is 101 Å². The number of nitro groups is 2. The minimum atomic E-state index is -2.01. The number of nitrogens with zero attached hydrogens (tertiary/aromatic N) is 8. The Bertz CT molecular complexity index is 4640. The molecule has 6 aliphatic rings. The van der Waals surface area contributed by atoms with Crippen LogP contribution in [0.3, 0.4) is 0 Å². The number of anilines is 2. The van der Waals surface area contributed by atoms with Gasteiger partial charge in [-0.25, -0.2) is 24.1 Å². The van der Waals surface area contributed by atoms with Crippen molar-refractivity contribution < 1.29 is 160 Å². The molecule has 43 heteroatoms. The molecule has 36 nitrogen and oxygen atoms in total. The van der Waals surface area contributed by atoms with Gasteiger partial charge in [-0.2, -0.15) is 0 Å². The number of carbonyl (C=O) groups is 7. The molecule has 0 bridgehead atoms. The van der Waals surface area contributed by atoms with Gasteiger partial charge in [-0.15, -0.1) is 0 Å². The normalized spacial score (nSPS) is 19.4. The Morgan fingerprint density at radius 3 is 1.46 bits per heavy atom. The summed E-state index contributed by atoms with van der Waals surface area (Å²) in [5.74, 6) is 0.994. The number of amides is 6. The van der Waals surface area contributed by atoms with Crippen LogP contribution in [0.2, 0.25) is 36.3 Å². The summed E-state index contributed by atoms with van der Waals surface area (Å²) >= 11 is 0. The maximum absolute atomic E-state index is 13.4. The summed E-state index contributed by atoms with van der Waals surface area (Å²) in [6.07, 6.45) is -2.23. The quantitative estimate of drug-likeness (QED) is 0.00530. The van der Waals surface area contributed by atoms with E-state index in [1.54, 1.807) is 70.7 Å². The van der Waals surface area contributed by atoms with E-state index in [9.17, 15) is 69.1 Å². The maximum Gasteiger partial charge on any atom is 1.00 e. The monoisotopic (exact) mass is 1930 g/mol. The number of non-ortho nitro benzene ring substituents is 1. The van der Waals surface area contributed by atoms with E-state index in [4.69, 9.17) is 62.3 Å². The summed E-state index contributed by atoms with van der Waals surface area (Å²) in [4.78, 5) is 119. The van der Waals surface area contributed by atoms with E-state index in [0.717, 1.165) is 32.9 Å². The first-order chi connectivity index (χ1) is 59.0. The first-order valence-electron chi connectivity index (χ1n) is 41.2. The van der Waals surface area contributed by atoms with Gasteiger partial charge >= 0.3 is 43.1 Å². The second kappa shape index (κ2) is 49.4. The van der Waals surface area contributed by atoms with Crippen molar-refractivity contribution in [3.05, 3.63) is 134 Å². The van der Waals surface area contributed by atoms with Crippen LogP contribution >= 0.6 is 21.6 Å². The van der Waals surface area contributed by atoms with E-state index < -0.39 is 98.4 Å². The van der Waals surface area contributed by atoms with Gasteiger partial charge in [-0.3, -0.25) is 39.5 Å². The number of carbonyl (C=O) groups excluding carboxylic acids is 7. The van der Waals surface area contributed by atoms with Crippen LogP contribution in [0.4, 0.5) is 37.1 Å². The van der Waals surface area contributed by atoms with Crippen molar-refractivity contribution in [2.45, 2.75) is 216 Å². The van der Waals surface area contributed by atoms with Crippen LogP contribution in [-0.4, -0.2) is 296 Å². The first-order valence-corrected chi connectivity index (χ1v) is 49.3. The van der Waals surface area contributed by atoms with Gasteiger partial charge in [0.1, 0.15) is 29.4 Å². The fraction of sp³-hybridized carbons (Fsp3) is 0.575. The number of benzene rings is 4. The molecule has 5 fully saturated rings. The van der Waals surface area contributed by atoms with E-state index >= 15 is 0 Å². The third kappa shape index (κ3) is 30.7.